The minimum absolute atomic E-state index is 0.0329. The van der Waals surface area contributed by atoms with Gasteiger partial charge in [0.25, 0.3) is 5.91 Å². The van der Waals surface area contributed by atoms with E-state index in [1.165, 1.54) is 5.56 Å². The van der Waals surface area contributed by atoms with Crippen molar-refractivity contribution in [1.82, 2.24) is 25.0 Å². The first kappa shape index (κ1) is 15.4. The molecular formula is C18H17N5O2. The average molecular weight is 335 g/mol. The standard InChI is InChI=1S/C18H17N5O2/c1-11-4-5-13(8-12(11)2)18(24)23-9-14(10-23)17-21-16(22-25-17)15-19-6-3-7-20-15/h3-8,14H,9-10H2,1-2H3. The molecule has 25 heavy (non-hydrogen) atoms. The van der Waals surface area contributed by atoms with Gasteiger partial charge in [0.1, 0.15) is 0 Å². The highest BCUT2D eigenvalue weighted by Crippen LogP contribution is 2.28. The summed E-state index contributed by atoms with van der Waals surface area (Å²) in [5.41, 5.74) is 3.01. The fourth-order valence-corrected chi connectivity index (χ4v) is 2.76. The van der Waals surface area contributed by atoms with E-state index in [1.54, 1.807) is 23.4 Å². The molecule has 1 aliphatic rings. The van der Waals surface area contributed by atoms with E-state index in [-0.39, 0.29) is 11.8 Å². The van der Waals surface area contributed by atoms with Gasteiger partial charge in [-0.3, -0.25) is 4.79 Å². The van der Waals surface area contributed by atoms with Crippen LogP contribution in [-0.4, -0.2) is 44.0 Å². The van der Waals surface area contributed by atoms with Gasteiger partial charge in [-0.05, 0) is 43.2 Å². The lowest BCUT2D eigenvalue weighted by atomic mass is 9.98. The first-order valence-electron chi connectivity index (χ1n) is 8.09. The molecule has 0 unspecified atom stereocenters. The van der Waals surface area contributed by atoms with E-state index in [1.807, 2.05) is 32.0 Å². The molecule has 0 spiro atoms. The molecule has 0 aliphatic carbocycles. The van der Waals surface area contributed by atoms with Crippen LogP contribution in [0.4, 0.5) is 0 Å². The molecule has 1 saturated heterocycles. The third kappa shape index (κ3) is 2.88. The third-order valence-corrected chi connectivity index (χ3v) is 4.48. The molecule has 0 atom stereocenters. The molecular weight excluding hydrogens is 318 g/mol. The van der Waals surface area contributed by atoms with Crippen LogP contribution >= 0.6 is 0 Å². The summed E-state index contributed by atoms with van der Waals surface area (Å²) in [4.78, 5) is 26.9. The molecule has 0 radical (unpaired) electrons. The molecule has 4 rings (SSSR count). The highest BCUT2D eigenvalue weighted by Gasteiger charge is 2.36. The van der Waals surface area contributed by atoms with Gasteiger partial charge in [-0.1, -0.05) is 11.2 Å². The first-order chi connectivity index (χ1) is 12.1. The van der Waals surface area contributed by atoms with Crippen molar-refractivity contribution in [3.05, 3.63) is 59.2 Å². The molecule has 3 heterocycles. The lowest BCUT2D eigenvalue weighted by Crippen LogP contribution is -2.48. The number of likely N-dealkylation sites (tertiary alicyclic amines) is 1. The van der Waals surface area contributed by atoms with Crippen molar-refractivity contribution in [1.29, 1.82) is 0 Å². The summed E-state index contributed by atoms with van der Waals surface area (Å²) in [5, 5.41) is 3.92. The number of carbonyl (C=O) groups is 1. The van der Waals surface area contributed by atoms with Crippen molar-refractivity contribution in [2.24, 2.45) is 0 Å². The summed E-state index contributed by atoms with van der Waals surface area (Å²) in [6.45, 7) is 5.19. The highest BCUT2D eigenvalue weighted by atomic mass is 16.5. The van der Waals surface area contributed by atoms with Crippen molar-refractivity contribution in [3.8, 4) is 11.6 Å². The molecule has 0 N–H and O–H groups in total. The third-order valence-electron chi connectivity index (χ3n) is 4.48. The van der Waals surface area contributed by atoms with E-state index in [2.05, 4.69) is 20.1 Å². The van der Waals surface area contributed by atoms with Crippen LogP contribution in [0.2, 0.25) is 0 Å². The minimum atomic E-state index is 0.0329. The molecule has 1 fully saturated rings. The quantitative estimate of drug-likeness (QED) is 0.730. The summed E-state index contributed by atoms with van der Waals surface area (Å²) in [6.07, 6.45) is 3.26. The van der Waals surface area contributed by atoms with Crippen LogP contribution in [0.1, 0.15) is 33.3 Å². The van der Waals surface area contributed by atoms with Crippen LogP contribution in [0.25, 0.3) is 11.6 Å². The summed E-state index contributed by atoms with van der Waals surface area (Å²) in [5.74, 6) is 1.41. The maximum Gasteiger partial charge on any atom is 0.253 e. The van der Waals surface area contributed by atoms with E-state index >= 15 is 0 Å². The summed E-state index contributed by atoms with van der Waals surface area (Å²) >= 11 is 0. The van der Waals surface area contributed by atoms with Crippen LogP contribution < -0.4 is 0 Å². The normalized spacial score (nSPS) is 14.4. The highest BCUT2D eigenvalue weighted by molar-refractivity contribution is 5.95. The second-order valence-corrected chi connectivity index (χ2v) is 6.23. The van der Waals surface area contributed by atoms with E-state index in [0.717, 1.165) is 5.56 Å². The second-order valence-electron chi connectivity index (χ2n) is 6.23. The fourth-order valence-electron chi connectivity index (χ4n) is 2.76. The first-order valence-corrected chi connectivity index (χ1v) is 8.09. The molecule has 1 aliphatic heterocycles. The Bertz CT molecular complexity index is 916. The van der Waals surface area contributed by atoms with Gasteiger partial charge in [0, 0.05) is 31.0 Å². The Labute approximate surface area is 144 Å². The maximum absolute atomic E-state index is 12.5. The summed E-state index contributed by atoms with van der Waals surface area (Å²) < 4.78 is 5.31. The largest absolute Gasteiger partial charge is 0.338 e. The van der Waals surface area contributed by atoms with Gasteiger partial charge < -0.3 is 9.42 Å². The van der Waals surface area contributed by atoms with Gasteiger partial charge in [-0.15, -0.1) is 0 Å². The Hall–Kier alpha value is -3.09. The fraction of sp³-hybridized carbons (Fsp3) is 0.278. The van der Waals surface area contributed by atoms with Crippen LogP contribution in [0.3, 0.4) is 0 Å². The predicted octanol–water partition coefficient (Wildman–Crippen LogP) is 2.38. The van der Waals surface area contributed by atoms with Crippen molar-refractivity contribution in [2.75, 3.05) is 13.1 Å². The SMILES string of the molecule is Cc1ccc(C(=O)N2CC(c3nc(-c4ncccn4)no3)C2)cc1C. The smallest absolute Gasteiger partial charge is 0.253 e. The topological polar surface area (TPSA) is 85.0 Å². The molecule has 0 saturated carbocycles. The van der Waals surface area contributed by atoms with Crippen LogP contribution in [-0.2, 0) is 0 Å². The molecule has 7 nitrogen and oxygen atoms in total. The van der Waals surface area contributed by atoms with Crippen molar-refractivity contribution in [2.45, 2.75) is 19.8 Å². The molecule has 2 aromatic heterocycles. The van der Waals surface area contributed by atoms with E-state index < -0.39 is 0 Å². The second kappa shape index (κ2) is 6.08. The van der Waals surface area contributed by atoms with Gasteiger partial charge in [0.05, 0.1) is 5.92 Å². The van der Waals surface area contributed by atoms with Gasteiger partial charge in [0.15, 0.2) is 0 Å². The number of benzene rings is 1. The number of aryl methyl sites for hydroxylation is 2. The Morgan fingerprint density at radius 2 is 1.88 bits per heavy atom. The van der Waals surface area contributed by atoms with E-state index in [9.17, 15) is 4.79 Å². The van der Waals surface area contributed by atoms with Crippen LogP contribution in [0, 0.1) is 13.8 Å². The summed E-state index contributed by atoms with van der Waals surface area (Å²) in [6, 6.07) is 7.51. The minimum Gasteiger partial charge on any atom is -0.338 e. The molecule has 3 aromatic rings. The maximum atomic E-state index is 12.5. The molecule has 7 heteroatoms. The number of amides is 1. The zero-order chi connectivity index (χ0) is 17.4. The van der Waals surface area contributed by atoms with Crippen molar-refractivity contribution in [3.63, 3.8) is 0 Å². The summed E-state index contributed by atoms with van der Waals surface area (Å²) in [7, 11) is 0. The number of rotatable bonds is 3. The van der Waals surface area contributed by atoms with Crippen LogP contribution in [0.5, 0.6) is 0 Å². The van der Waals surface area contributed by atoms with E-state index in [4.69, 9.17) is 4.52 Å². The number of carbonyl (C=O) groups excluding carboxylic acids is 1. The van der Waals surface area contributed by atoms with Gasteiger partial charge in [-0.25, -0.2) is 9.97 Å². The number of hydrogen-bond donors (Lipinski definition) is 0. The number of hydrogen-bond acceptors (Lipinski definition) is 6. The lowest BCUT2D eigenvalue weighted by Gasteiger charge is -2.37. The Morgan fingerprint density at radius 1 is 1.12 bits per heavy atom. The molecule has 1 aromatic carbocycles. The monoisotopic (exact) mass is 335 g/mol. The zero-order valence-electron chi connectivity index (χ0n) is 14.0. The Morgan fingerprint density at radius 3 is 2.60 bits per heavy atom. The van der Waals surface area contributed by atoms with Gasteiger partial charge >= 0.3 is 0 Å². The number of aromatic nitrogens is 4. The Kier molecular flexibility index (Phi) is 3.76. The molecule has 1 amide bonds. The molecule has 126 valence electrons. The zero-order valence-corrected chi connectivity index (χ0v) is 14.0. The van der Waals surface area contributed by atoms with E-state index in [0.29, 0.717) is 36.2 Å². The van der Waals surface area contributed by atoms with Gasteiger partial charge in [0.2, 0.25) is 17.5 Å². The Balaban J connectivity index is 1.43. The van der Waals surface area contributed by atoms with Crippen molar-refractivity contribution < 1.29 is 9.32 Å². The average Bonchev–Trinajstić information content (AvgIpc) is 3.06. The predicted molar refractivity (Wildman–Crippen MR) is 89.9 cm³/mol. The van der Waals surface area contributed by atoms with Crippen LogP contribution in [0.15, 0.2) is 41.2 Å². The molecule has 0 bridgehead atoms. The van der Waals surface area contributed by atoms with Gasteiger partial charge in [-0.2, -0.15) is 4.98 Å². The lowest BCUT2D eigenvalue weighted by molar-refractivity contribution is 0.0569. The van der Waals surface area contributed by atoms with Crippen molar-refractivity contribution >= 4 is 5.91 Å². The number of nitrogens with zero attached hydrogens (tertiary/aromatic N) is 5.